The molecule has 0 radical (unpaired) electrons. The topological polar surface area (TPSA) is 21.3 Å². The summed E-state index contributed by atoms with van der Waals surface area (Å²) >= 11 is 5.91. The monoisotopic (exact) mass is 269 g/mol. The van der Waals surface area contributed by atoms with Crippen LogP contribution in [0.4, 0.5) is 0 Å². The van der Waals surface area contributed by atoms with Crippen molar-refractivity contribution in [2.45, 2.75) is 45.8 Å². The van der Waals surface area contributed by atoms with Gasteiger partial charge in [0.2, 0.25) is 0 Å². The zero-order valence-corrected chi connectivity index (χ0v) is 12.3. The molecule has 0 bridgehead atoms. The van der Waals surface area contributed by atoms with Crippen molar-refractivity contribution in [3.8, 4) is 0 Å². The van der Waals surface area contributed by atoms with Crippen LogP contribution in [-0.2, 0) is 4.74 Å². The molecule has 2 nitrogen and oxygen atoms in total. The van der Waals surface area contributed by atoms with Crippen LogP contribution >= 0.6 is 11.6 Å². The SMILES string of the molecule is CCCC(NCCOC(C)C)c1ccc(Cl)cc1. The smallest absolute Gasteiger partial charge is 0.0594 e. The Morgan fingerprint density at radius 1 is 1.22 bits per heavy atom. The van der Waals surface area contributed by atoms with Crippen LogP contribution in [0, 0.1) is 0 Å². The molecule has 0 fully saturated rings. The van der Waals surface area contributed by atoms with Crippen molar-refractivity contribution in [2.75, 3.05) is 13.2 Å². The second kappa shape index (κ2) is 8.52. The molecule has 1 aromatic carbocycles. The van der Waals surface area contributed by atoms with E-state index in [1.165, 1.54) is 5.56 Å². The molecule has 0 aromatic heterocycles. The van der Waals surface area contributed by atoms with Crippen molar-refractivity contribution >= 4 is 11.6 Å². The molecule has 0 aliphatic rings. The molecule has 0 aliphatic carbocycles. The first-order chi connectivity index (χ1) is 8.63. The highest BCUT2D eigenvalue weighted by Crippen LogP contribution is 2.20. The van der Waals surface area contributed by atoms with Crippen LogP contribution in [-0.4, -0.2) is 19.3 Å². The Bertz CT molecular complexity index is 324. The van der Waals surface area contributed by atoms with E-state index >= 15 is 0 Å². The second-order valence-corrected chi connectivity index (χ2v) is 5.20. The van der Waals surface area contributed by atoms with E-state index in [4.69, 9.17) is 16.3 Å². The Labute approximate surface area is 116 Å². The summed E-state index contributed by atoms with van der Waals surface area (Å²) in [6.45, 7) is 7.96. The van der Waals surface area contributed by atoms with E-state index in [1.807, 2.05) is 12.1 Å². The maximum absolute atomic E-state index is 5.91. The molecular weight excluding hydrogens is 246 g/mol. The highest BCUT2D eigenvalue weighted by molar-refractivity contribution is 6.30. The lowest BCUT2D eigenvalue weighted by atomic mass is 10.0. The summed E-state index contributed by atoms with van der Waals surface area (Å²) in [4.78, 5) is 0. The normalized spacial score (nSPS) is 12.9. The Balaban J connectivity index is 2.46. The van der Waals surface area contributed by atoms with Gasteiger partial charge in [0.25, 0.3) is 0 Å². The fourth-order valence-corrected chi connectivity index (χ4v) is 2.02. The van der Waals surface area contributed by atoms with Crippen molar-refractivity contribution < 1.29 is 4.74 Å². The fraction of sp³-hybridized carbons (Fsp3) is 0.600. The molecule has 0 saturated carbocycles. The number of halogens is 1. The van der Waals surface area contributed by atoms with Crippen LogP contribution in [0.3, 0.4) is 0 Å². The number of hydrogen-bond acceptors (Lipinski definition) is 2. The number of ether oxygens (including phenoxy) is 1. The number of hydrogen-bond donors (Lipinski definition) is 1. The first kappa shape index (κ1) is 15.5. The van der Waals surface area contributed by atoms with E-state index < -0.39 is 0 Å². The van der Waals surface area contributed by atoms with Crippen LogP contribution in [0.25, 0.3) is 0 Å². The third-order valence-corrected chi connectivity index (χ3v) is 3.05. The number of rotatable bonds is 8. The lowest BCUT2D eigenvalue weighted by molar-refractivity contribution is 0.0791. The molecule has 1 rings (SSSR count). The molecule has 0 saturated heterocycles. The highest BCUT2D eigenvalue weighted by Gasteiger charge is 2.09. The van der Waals surface area contributed by atoms with Gasteiger partial charge in [-0.3, -0.25) is 0 Å². The van der Waals surface area contributed by atoms with Crippen LogP contribution in [0.15, 0.2) is 24.3 Å². The minimum absolute atomic E-state index is 0.298. The quantitative estimate of drug-likeness (QED) is 0.715. The van der Waals surface area contributed by atoms with Crippen molar-refractivity contribution in [3.63, 3.8) is 0 Å². The predicted octanol–water partition coefficient (Wildman–Crippen LogP) is 4.20. The average Bonchev–Trinajstić information content (AvgIpc) is 2.34. The molecule has 3 heteroatoms. The first-order valence-electron chi connectivity index (χ1n) is 6.74. The van der Waals surface area contributed by atoms with E-state index in [0.717, 1.165) is 31.0 Å². The van der Waals surface area contributed by atoms with E-state index in [0.29, 0.717) is 12.1 Å². The van der Waals surface area contributed by atoms with Crippen LogP contribution in [0.2, 0.25) is 5.02 Å². The van der Waals surface area contributed by atoms with E-state index in [-0.39, 0.29) is 0 Å². The molecule has 1 atom stereocenters. The summed E-state index contributed by atoms with van der Waals surface area (Å²) in [5, 5.41) is 4.33. The predicted molar refractivity (Wildman–Crippen MR) is 78.2 cm³/mol. The molecule has 0 amide bonds. The molecule has 0 aliphatic heterocycles. The molecule has 18 heavy (non-hydrogen) atoms. The minimum Gasteiger partial charge on any atom is -0.377 e. The first-order valence-corrected chi connectivity index (χ1v) is 7.11. The van der Waals surface area contributed by atoms with E-state index in [1.54, 1.807) is 0 Å². The Hall–Kier alpha value is -0.570. The third-order valence-electron chi connectivity index (χ3n) is 2.79. The highest BCUT2D eigenvalue weighted by atomic mass is 35.5. The molecule has 0 spiro atoms. The Morgan fingerprint density at radius 3 is 2.44 bits per heavy atom. The van der Waals surface area contributed by atoms with Gasteiger partial charge in [0, 0.05) is 17.6 Å². The van der Waals surface area contributed by atoms with Gasteiger partial charge in [0.05, 0.1) is 12.7 Å². The Morgan fingerprint density at radius 2 is 1.89 bits per heavy atom. The van der Waals surface area contributed by atoms with Crippen LogP contribution in [0.5, 0.6) is 0 Å². The Kier molecular flexibility index (Phi) is 7.33. The van der Waals surface area contributed by atoms with Gasteiger partial charge in [-0.05, 0) is 38.0 Å². The maximum atomic E-state index is 5.91. The standard InChI is InChI=1S/C15H24ClNO/c1-4-5-15(17-10-11-18-12(2)3)13-6-8-14(16)9-7-13/h6-9,12,15,17H,4-5,10-11H2,1-3H3. The summed E-state index contributed by atoms with van der Waals surface area (Å²) in [5.74, 6) is 0. The maximum Gasteiger partial charge on any atom is 0.0594 e. The molecule has 102 valence electrons. The molecule has 1 aromatic rings. The summed E-state index contributed by atoms with van der Waals surface area (Å²) in [6, 6.07) is 8.48. The van der Waals surface area contributed by atoms with Gasteiger partial charge in [-0.25, -0.2) is 0 Å². The van der Waals surface area contributed by atoms with E-state index in [9.17, 15) is 0 Å². The molecule has 1 N–H and O–H groups in total. The van der Waals surface area contributed by atoms with Crippen LogP contribution in [0.1, 0.15) is 45.2 Å². The van der Waals surface area contributed by atoms with Gasteiger partial charge in [-0.2, -0.15) is 0 Å². The number of nitrogens with one attached hydrogen (secondary N) is 1. The van der Waals surface area contributed by atoms with E-state index in [2.05, 4.69) is 38.2 Å². The summed E-state index contributed by atoms with van der Waals surface area (Å²) in [7, 11) is 0. The zero-order chi connectivity index (χ0) is 13.4. The molecule has 1 unspecified atom stereocenters. The minimum atomic E-state index is 0.298. The van der Waals surface area contributed by atoms with Crippen molar-refractivity contribution in [3.05, 3.63) is 34.9 Å². The average molecular weight is 270 g/mol. The largest absolute Gasteiger partial charge is 0.377 e. The van der Waals surface area contributed by atoms with Crippen LogP contribution < -0.4 is 5.32 Å². The fourth-order valence-electron chi connectivity index (χ4n) is 1.90. The molecular formula is C15H24ClNO. The number of benzene rings is 1. The zero-order valence-electron chi connectivity index (χ0n) is 11.6. The third kappa shape index (κ3) is 5.85. The van der Waals surface area contributed by atoms with Crippen molar-refractivity contribution in [1.29, 1.82) is 0 Å². The lowest BCUT2D eigenvalue weighted by Gasteiger charge is -2.19. The van der Waals surface area contributed by atoms with Gasteiger partial charge in [-0.1, -0.05) is 37.1 Å². The van der Waals surface area contributed by atoms with Gasteiger partial charge in [0.15, 0.2) is 0 Å². The summed E-state index contributed by atoms with van der Waals surface area (Å²) in [6.07, 6.45) is 2.58. The van der Waals surface area contributed by atoms with Gasteiger partial charge in [-0.15, -0.1) is 0 Å². The van der Waals surface area contributed by atoms with Crippen molar-refractivity contribution in [2.24, 2.45) is 0 Å². The second-order valence-electron chi connectivity index (χ2n) is 4.77. The van der Waals surface area contributed by atoms with Gasteiger partial charge < -0.3 is 10.1 Å². The molecule has 0 heterocycles. The lowest BCUT2D eigenvalue weighted by Crippen LogP contribution is -2.26. The summed E-state index contributed by atoms with van der Waals surface area (Å²) < 4.78 is 5.54. The summed E-state index contributed by atoms with van der Waals surface area (Å²) in [5.41, 5.74) is 1.30. The van der Waals surface area contributed by atoms with Gasteiger partial charge >= 0.3 is 0 Å². The van der Waals surface area contributed by atoms with Crippen molar-refractivity contribution in [1.82, 2.24) is 5.32 Å². The van der Waals surface area contributed by atoms with Gasteiger partial charge in [0.1, 0.15) is 0 Å².